The van der Waals surface area contributed by atoms with Crippen LogP contribution >= 0.6 is 0 Å². The zero-order chi connectivity index (χ0) is 18.0. The zero-order valence-corrected chi connectivity index (χ0v) is 16.1. The molecule has 3 rings (SSSR count). The van der Waals surface area contributed by atoms with Crippen LogP contribution < -0.4 is 9.47 Å². The van der Waals surface area contributed by atoms with Gasteiger partial charge in [-0.1, -0.05) is 13.0 Å². The Morgan fingerprint density at radius 3 is 2.32 bits per heavy atom. The predicted octanol–water partition coefficient (Wildman–Crippen LogP) is 1.40. The van der Waals surface area contributed by atoms with Gasteiger partial charge in [0.25, 0.3) is 0 Å². The van der Waals surface area contributed by atoms with Crippen LogP contribution in [0.15, 0.2) is 18.2 Å². The summed E-state index contributed by atoms with van der Waals surface area (Å²) in [6.45, 7) is 5.68. The minimum Gasteiger partial charge on any atom is -0.493 e. The van der Waals surface area contributed by atoms with Gasteiger partial charge in [0.1, 0.15) is 0 Å². The highest BCUT2D eigenvalue weighted by Gasteiger charge is 2.46. The molecule has 7 heteroatoms. The second-order valence-electron chi connectivity index (χ2n) is 6.91. The standard InChI is InChI=1S/C18H28N2O4S/c1-4-7-19-8-9-20(16-13-25(21,22)12-15(16)19)11-14-5-6-17(23-2)18(10-14)24-3/h5-6,10,15-16H,4,7-9,11-13H2,1-3H3/t15-,16+/m1/s1. The first-order chi connectivity index (χ1) is 12.0. The van der Waals surface area contributed by atoms with Crippen LogP contribution in [-0.4, -0.2) is 75.7 Å². The molecule has 1 aromatic carbocycles. The smallest absolute Gasteiger partial charge is 0.161 e. The van der Waals surface area contributed by atoms with E-state index in [0.717, 1.165) is 38.2 Å². The Bertz CT molecular complexity index is 707. The molecule has 0 N–H and O–H groups in total. The number of benzene rings is 1. The Morgan fingerprint density at radius 2 is 1.68 bits per heavy atom. The fraction of sp³-hybridized carbons (Fsp3) is 0.667. The third-order valence-electron chi connectivity index (χ3n) is 5.25. The molecule has 0 bridgehead atoms. The Hall–Kier alpha value is -1.31. The molecular weight excluding hydrogens is 340 g/mol. The van der Waals surface area contributed by atoms with E-state index < -0.39 is 9.84 Å². The Labute approximate surface area is 150 Å². The van der Waals surface area contributed by atoms with E-state index in [0.29, 0.717) is 17.3 Å². The number of methoxy groups -OCH3 is 2. The van der Waals surface area contributed by atoms with Crippen molar-refractivity contribution in [2.45, 2.75) is 32.0 Å². The number of piperazine rings is 1. The van der Waals surface area contributed by atoms with Crippen molar-refractivity contribution in [3.8, 4) is 11.5 Å². The first-order valence-corrected chi connectivity index (χ1v) is 10.7. The van der Waals surface area contributed by atoms with E-state index in [9.17, 15) is 8.42 Å². The lowest BCUT2D eigenvalue weighted by atomic mass is 10.0. The lowest BCUT2D eigenvalue weighted by Crippen LogP contribution is -2.58. The molecule has 6 nitrogen and oxygen atoms in total. The highest BCUT2D eigenvalue weighted by molar-refractivity contribution is 7.91. The number of hydrogen-bond acceptors (Lipinski definition) is 6. The minimum absolute atomic E-state index is 0.0818. The minimum atomic E-state index is -2.96. The van der Waals surface area contributed by atoms with Gasteiger partial charge >= 0.3 is 0 Å². The maximum atomic E-state index is 12.2. The number of hydrogen-bond donors (Lipinski definition) is 0. The van der Waals surface area contributed by atoms with E-state index in [1.165, 1.54) is 0 Å². The lowest BCUT2D eigenvalue weighted by molar-refractivity contribution is 0.0405. The second-order valence-corrected chi connectivity index (χ2v) is 9.06. The topological polar surface area (TPSA) is 59.1 Å². The number of sulfone groups is 1. The van der Waals surface area contributed by atoms with Gasteiger partial charge in [-0.3, -0.25) is 9.80 Å². The zero-order valence-electron chi connectivity index (χ0n) is 15.3. The van der Waals surface area contributed by atoms with Gasteiger partial charge in [-0.2, -0.15) is 0 Å². The summed E-state index contributed by atoms with van der Waals surface area (Å²) in [5, 5.41) is 0. The Balaban J connectivity index is 1.79. The van der Waals surface area contributed by atoms with Crippen LogP contribution in [0.1, 0.15) is 18.9 Å². The van der Waals surface area contributed by atoms with Gasteiger partial charge in [0.05, 0.1) is 25.7 Å². The molecule has 25 heavy (non-hydrogen) atoms. The molecular formula is C18H28N2O4S. The van der Waals surface area contributed by atoms with Gasteiger partial charge < -0.3 is 9.47 Å². The monoisotopic (exact) mass is 368 g/mol. The summed E-state index contributed by atoms with van der Waals surface area (Å²) in [5.41, 5.74) is 1.12. The third-order valence-corrected chi connectivity index (χ3v) is 6.95. The van der Waals surface area contributed by atoms with Crippen molar-refractivity contribution in [2.24, 2.45) is 0 Å². The van der Waals surface area contributed by atoms with Gasteiger partial charge in [0, 0.05) is 31.7 Å². The summed E-state index contributed by atoms with van der Waals surface area (Å²) in [7, 11) is 0.296. The second kappa shape index (κ2) is 7.51. The molecule has 0 aliphatic carbocycles. The molecule has 2 fully saturated rings. The van der Waals surface area contributed by atoms with E-state index >= 15 is 0 Å². The van der Waals surface area contributed by atoms with Gasteiger partial charge in [-0.15, -0.1) is 0 Å². The van der Waals surface area contributed by atoms with E-state index in [2.05, 4.69) is 16.7 Å². The predicted molar refractivity (Wildman–Crippen MR) is 98.0 cm³/mol. The van der Waals surface area contributed by atoms with Crippen molar-refractivity contribution >= 4 is 9.84 Å². The summed E-state index contributed by atoms with van der Waals surface area (Å²) in [4.78, 5) is 4.68. The van der Waals surface area contributed by atoms with Crippen LogP contribution in [0, 0.1) is 0 Å². The average Bonchev–Trinajstić information content (AvgIpc) is 2.93. The third kappa shape index (κ3) is 3.93. The molecule has 2 atom stereocenters. The highest BCUT2D eigenvalue weighted by Crippen LogP contribution is 2.31. The summed E-state index contributed by atoms with van der Waals surface area (Å²) in [5.74, 6) is 1.98. The molecule has 2 aliphatic rings. The van der Waals surface area contributed by atoms with E-state index in [4.69, 9.17) is 9.47 Å². The van der Waals surface area contributed by atoms with Crippen LogP contribution in [0.3, 0.4) is 0 Å². The molecule has 2 saturated heterocycles. The quantitative estimate of drug-likeness (QED) is 0.756. The molecule has 0 aromatic heterocycles. The number of nitrogens with zero attached hydrogens (tertiary/aromatic N) is 2. The summed E-state index contributed by atoms with van der Waals surface area (Å²) < 4.78 is 35.2. The molecule has 0 amide bonds. The van der Waals surface area contributed by atoms with E-state index in [1.54, 1.807) is 14.2 Å². The molecule has 0 radical (unpaired) electrons. The molecule has 0 unspecified atom stereocenters. The summed E-state index contributed by atoms with van der Waals surface area (Å²) in [6.07, 6.45) is 1.05. The van der Waals surface area contributed by atoms with Crippen LogP contribution in [-0.2, 0) is 16.4 Å². The molecule has 2 aliphatic heterocycles. The Kier molecular flexibility index (Phi) is 5.55. The largest absolute Gasteiger partial charge is 0.493 e. The molecule has 1 aromatic rings. The fourth-order valence-corrected chi connectivity index (χ4v) is 6.11. The van der Waals surface area contributed by atoms with Crippen molar-refractivity contribution in [3.63, 3.8) is 0 Å². The Morgan fingerprint density at radius 1 is 1.04 bits per heavy atom. The van der Waals surface area contributed by atoms with Gasteiger partial charge in [-0.05, 0) is 30.7 Å². The SMILES string of the molecule is CCCN1CCN(Cc2ccc(OC)c(OC)c2)[C@H]2CS(=O)(=O)C[C@H]21. The summed E-state index contributed by atoms with van der Waals surface area (Å²) >= 11 is 0. The number of rotatable bonds is 6. The molecule has 2 heterocycles. The molecule has 0 spiro atoms. The fourth-order valence-electron chi connectivity index (χ4n) is 4.07. The number of ether oxygens (including phenoxy) is 2. The van der Waals surface area contributed by atoms with Crippen molar-refractivity contribution in [2.75, 3.05) is 45.4 Å². The van der Waals surface area contributed by atoms with Crippen LogP contribution in [0.2, 0.25) is 0 Å². The number of fused-ring (bicyclic) bond motifs is 1. The maximum absolute atomic E-state index is 12.2. The van der Waals surface area contributed by atoms with E-state index in [-0.39, 0.29) is 17.8 Å². The van der Waals surface area contributed by atoms with Gasteiger partial charge in [0.2, 0.25) is 0 Å². The van der Waals surface area contributed by atoms with Gasteiger partial charge in [0.15, 0.2) is 21.3 Å². The maximum Gasteiger partial charge on any atom is 0.161 e. The first-order valence-electron chi connectivity index (χ1n) is 8.87. The van der Waals surface area contributed by atoms with Crippen molar-refractivity contribution in [1.29, 1.82) is 0 Å². The van der Waals surface area contributed by atoms with Crippen LogP contribution in [0.25, 0.3) is 0 Å². The van der Waals surface area contributed by atoms with Crippen molar-refractivity contribution in [1.82, 2.24) is 9.80 Å². The first kappa shape index (κ1) is 18.5. The average molecular weight is 368 g/mol. The van der Waals surface area contributed by atoms with Gasteiger partial charge in [-0.25, -0.2) is 8.42 Å². The lowest BCUT2D eigenvalue weighted by Gasteiger charge is -2.44. The van der Waals surface area contributed by atoms with Crippen molar-refractivity contribution < 1.29 is 17.9 Å². The van der Waals surface area contributed by atoms with Crippen LogP contribution in [0.5, 0.6) is 11.5 Å². The summed E-state index contributed by atoms with van der Waals surface area (Å²) in [6, 6.07) is 6.12. The van der Waals surface area contributed by atoms with Crippen molar-refractivity contribution in [3.05, 3.63) is 23.8 Å². The molecule has 0 saturated carbocycles. The van der Waals surface area contributed by atoms with Crippen LogP contribution in [0.4, 0.5) is 0 Å². The van der Waals surface area contributed by atoms with E-state index in [1.807, 2.05) is 18.2 Å². The normalized spacial score (nSPS) is 26.4. The highest BCUT2D eigenvalue weighted by atomic mass is 32.2. The molecule has 140 valence electrons.